The van der Waals surface area contributed by atoms with E-state index in [0.717, 1.165) is 45.5 Å². The van der Waals surface area contributed by atoms with Gasteiger partial charge in [0.2, 0.25) is 0 Å². The number of rotatable bonds is 4. The SMILES string of the molecule is C=c1cc(C)o/c1=C(/CC)Nc1c(C)ccc(OC)c1C. The van der Waals surface area contributed by atoms with Gasteiger partial charge >= 0.3 is 0 Å². The van der Waals surface area contributed by atoms with Crippen LogP contribution in [0.3, 0.4) is 0 Å². The normalized spacial score (nSPS) is 12.2. The molecule has 0 amide bonds. The molecule has 0 aliphatic rings. The van der Waals surface area contributed by atoms with E-state index >= 15 is 0 Å². The highest BCUT2D eigenvalue weighted by Gasteiger charge is 2.10. The van der Waals surface area contributed by atoms with E-state index in [2.05, 4.69) is 38.7 Å². The number of ether oxygens (including phenoxy) is 1. The summed E-state index contributed by atoms with van der Waals surface area (Å²) in [5, 5.41) is 4.43. The van der Waals surface area contributed by atoms with Crippen LogP contribution in [0.1, 0.15) is 30.2 Å². The van der Waals surface area contributed by atoms with Gasteiger partial charge in [0.05, 0.1) is 12.8 Å². The monoisotopic (exact) mass is 285 g/mol. The third-order valence-electron chi connectivity index (χ3n) is 3.68. The van der Waals surface area contributed by atoms with Gasteiger partial charge in [-0.2, -0.15) is 0 Å². The van der Waals surface area contributed by atoms with E-state index in [1.54, 1.807) is 7.11 Å². The smallest absolute Gasteiger partial charge is 0.152 e. The van der Waals surface area contributed by atoms with Crippen LogP contribution in [0.15, 0.2) is 22.6 Å². The minimum atomic E-state index is 0.830. The van der Waals surface area contributed by atoms with E-state index < -0.39 is 0 Å². The van der Waals surface area contributed by atoms with E-state index in [1.165, 1.54) is 5.56 Å². The molecule has 0 saturated heterocycles. The molecule has 0 aliphatic carbocycles. The lowest BCUT2D eigenvalue weighted by atomic mass is 10.1. The van der Waals surface area contributed by atoms with Crippen LogP contribution in [-0.4, -0.2) is 7.11 Å². The summed E-state index contributed by atoms with van der Waals surface area (Å²) >= 11 is 0. The predicted octanol–water partition coefficient (Wildman–Crippen LogP) is 3.25. The Balaban J connectivity index is 2.57. The lowest BCUT2D eigenvalue weighted by molar-refractivity contribution is 0.412. The van der Waals surface area contributed by atoms with Gasteiger partial charge < -0.3 is 14.5 Å². The van der Waals surface area contributed by atoms with Crippen molar-refractivity contribution in [3.8, 4) is 5.75 Å². The van der Waals surface area contributed by atoms with Crippen LogP contribution in [0.5, 0.6) is 5.75 Å². The van der Waals surface area contributed by atoms with Crippen LogP contribution in [-0.2, 0) is 0 Å². The first kappa shape index (κ1) is 15.2. The fraction of sp³-hybridized carbons (Fsp3) is 0.333. The van der Waals surface area contributed by atoms with E-state index in [0.29, 0.717) is 0 Å². The molecule has 1 N–H and O–H groups in total. The van der Waals surface area contributed by atoms with Crippen LogP contribution in [0.25, 0.3) is 12.3 Å². The molecule has 21 heavy (non-hydrogen) atoms. The molecule has 112 valence electrons. The van der Waals surface area contributed by atoms with Gasteiger partial charge in [-0.05, 0) is 44.9 Å². The molecule has 2 aromatic rings. The van der Waals surface area contributed by atoms with Crippen molar-refractivity contribution in [2.24, 2.45) is 0 Å². The summed E-state index contributed by atoms with van der Waals surface area (Å²) in [7, 11) is 1.69. The van der Waals surface area contributed by atoms with Gasteiger partial charge in [0.25, 0.3) is 0 Å². The molecule has 0 radical (unpaired) electrons. The average Bonchev–Trinajstić information content (AvgIpc) is 2.78. The molecule has 0 saturated carbocycles. The highest BCUT2D eigenvalue weighted by atomic mass is 16.5. The van der Waals surface area contributed by atoms with E-state index in [-0.39, 0.29) is 0 Å². The summed E-state index contributed by atoms with van der Waals surface area (Å²) in [6.45, 7) is 12.2. The van der Waals surface area contributed by atoms with Crippen molar-refractivity contribution in [2.45, 2.75) is 34.1 Å². The Bertz CT molecular complexity index is 756. The number of methoxy groups -OCH3 is 1. The van der Waals surface area contributed by atoms with E-state index in [1.807, 2.05) is 19.1 Å². The molecule has 1 aromatic carbocycles. The molecule has 0 fully saturated rings. The van der Waals surface area contributed by atoms with Crippen LogP contribution >= 0.6 is 0 Å². The second-order valence-corrected chi connectivity index (χ2v) is 5.25. The Kier molecular flexibility index (Phi) is 4.41. The molecule has 1 aromatic heterocycles. The summed E-state index contributed by atoms with van der Waals surface area (Å²) in [5.74, 6) is 1.76. The molecule has 0 atom stereocenters. The first-order chi connectivity index (χ1) is 9.97. The van der Waals surface area contributed by atoms with Gasteiger partial charge in [-0.1, -0.05) is 19.6 Å². The summed E-state index contributed by atoms with van der Waals surface area (Å²) in [4.78, 5) is 0. The molecule has 3 heteroatoms. The standard InChI is InChI=1S/C18H23NO2/c1-7-15(18-12(3)10-13(4)21-18)19-17-11(2)8-9-16(20-6)14(17)5/h8-10,19H,3,7H2,1-2,4-6H3/b18-15-. The molecule has 1 heterocycles. The Morgan fingerprint density at radius 1 is 1.29 bits per heavy atom. The van der Waals surface area contributed by atoms with Crippen molar-refractivity contribution in [1.29, 1.82) is 0 Å². The summed E-state index contributed by atoms with van der Waals surface area (Å²) in [6, 6.07) is 6.00. The van der Waals surface area contributed by atoms with Crippen molar-refractivity contribution in [1.82, 2.24) is 0 Å². The molecule has 2 rings (SSSR count). The van der Waals surface area contributed by atoms with Gasteiger partial charge in [-0.25, -0.2) is 0 Å². The number of hydrogen-bond donors (Lipinski definition) is 1. The second-order valence-electron chi connectivity index (χ2n) is 5.25. The lowest BCUT2D eigenvalue weighted by Crippen LogP contribution is -2.24. The molecule has 0 aliphatic heterocycles. The van der Waals surface area contributed by atoms with Gasteiger partial charge in [-0.3, -0.25) is 0 Å². The number of anilines is 1. The van der Waals surface area contributed by atoms with Gasteiger partial charge in [0.15, 0.2) is 5.42 Å². The fourth-order valence-corrected chi connectivity index (χ4v) is 2.52. The zero-order valence-electron chi connectivity index (χ0n) is 13.5. The molecular formula is C18H23NO2. The Hall–Kier alpha value is -2.16. The summed E-state index contributed by atoms with van der Waals surface area (Å²) in [6.07, 6.45) is 0.839. The lowest BCUT2D eigenvalue weighted by Gasteiger charge is -2.16. The van der Waals surface area contributed by atoms with Crippen molar-refractivity contribution >= 4 is 18.0 Å². The van der Waals surface area contributed by atoms with Gasteiger partial charge in [-0.15, -0.1) is 0 Å². The van der Waals surface area contributed by atoms with E-state index in [9.17, 15) is 0 Å². The van der Waals surface area contributed by atoms with Crippen molar-refractivity contribution in [2.75, 3.05) is 12.4 Å². The highest BCUT2D eigenvalue weighted by molar-refractivity contribution is 5.71. The van der Waals surface area contributed by atoms with Crippen molar-refractivity contribution < 1.29 is 9.15 Å². The zero-order chi connectivity index (χ0) is 15.6. The molecular weight excluding hydrogens is 262 g/mol. The zero-order valence-corrected chi connectivity index (χ0v) is 13.5. The van der Waals surface area contributed by atoms with Crippen LogP contribution < -0.4 is 20.7 Å². The summed E-state index contributed by atoms with van der Waals surface area (Å²) in [5.41, 5.74) is 5.20. The first-order valence-electron chi connectivity index (χ1n) is 7.17. The summed E-state index contributed by atoms with van der Waals surface area (Å²) < 4.78 is 11.2. The van der Waals surface area contributed by atoms with Gasteiger partial charge in [0.1, 0.15) is 11.5 Å². The maximum absolute atomic E-state index is 5.78. The third-order valence-corrected chi connectivity index (χ3v) is 3.68. The Morgan fingerprint density at radius 2 is 2.00 bits per heavy atom. The van der Waals surface area contributed by atoms with Crippen LogP contribution in [0, 0.1) is 20.8 Å². The molecule has 0 unspecified atom stereocenters. The Labute approximate surface area is 125 Å². The maximum atomic E-state index is 5.78. The topological polar surface area (TPSA) is 34.4 Å². The average molecular weight is 285 g/mol. The molecule has 3 nitrogen and oxygen atoms in total. The van der Waals surface area contributed by atoms with Crippen LogP contribution in [0.2, 0.25) is 0 Å². The number of hydrogen-bond acceptors (Lipinski definition) is 3. The molecule has 0 spiro atoms. The van der Waals surface area contributed by atoms with Crippen molar-refractivity contribution in [3.05, 3.63) is 45.7 Å². The number of aryl methyl sites for hydroxylation is 2. The number of nitrogens with one attached hydrogen (secondary N) is 1. The fourth-order valence-electron chi connectivity index (χ4n) is 2.52. The second kappa shape index (κ2) is 6.08. The third kappa shape index (κ3) is 2.97. The minimum Gasteiger partial charge on any atom is -0.496 e. The minimum absolute atomic E-state index is 0.830. The predicted molar refractivity (Wildman–Crippen MR) is 88.0 cm³/mol. The molecule has 0 bridgehead atoms. The highest BCUT2D eigenvalue weighted by Crippen LogP contribution is 2.30. The quantitative estimate of drug-likeness (QED) is 0.936. The Morgan fingerprint density at radius 3 is 2.52 bits per heavy atom. The number of benzene rings is 1. The number of furan rings is 1. The first-order valence-corrected chi connectivity index (χ1v) is 7.17. The largest absolute Gasteiger partial charge is 0.496 e. The van der Waals surface area contributed by atoms with Crippen molar-refractivity contribution in [3.63, 3.8) is 0 Å². The van der Waals surface area contributed by atoms with E-state index in [4.69, 9.17) is 9.15 Å². The van der Waals surface area contributed by atoms with Crippen LogP contribution in [0.4, 0.5) is 5.69 Å². The maximum Gasteiger partial charge on any atom is 0.152 e. The van der Waals surface area contributed by atoms with Gasteiger partial charge in [0, 0.05) is 16.5 Å².